The number of benzene rings is 1. The van der Waals surface area contributed by atoms with Crippen LogP contribution in [0.15, 0.2) is 28.8 Å². The van der Waals surface area contributed by atoms with E-state index < -0.39 is 0 Å². The molecule has 15 heavy (non-hydrogen) atoms. The van der Waals surface area contributed by atoms with E-state index in [0.717, 1.165) is 11.3 Å². The van der Waals surface area contributed by atoms with Crippen LogP contribution in [0.3, 0.4) is 0 Å². The quantitative estimate of drug-likeness (QED) is 0.815. The van der Waals surface area contributed by atoms with E-state index in [9.17, 15) is 0 Å². The van der Waals surface area contributed by atoms with Gasteiger partial charge in [-0.1, -0.05) is 5.16 Å². The lowest BCUT2D eigenvalue weighted by atomic mass is 10.2. The first-order chi connectivity index (χ1) is 7.33. The van der Waals surface area contributed by atoms with Gasteiger partial charge in [0, 0.05) is 5.56 Å². The van der Waals surface area contributed by atoms with Gasteiger partial charge in [0.25, 0.3) is 0 Å². The highest BCUT2D eigenvalue weighted by atomic mass is 16.5. The van der Waals surface area contributed by atoms with E-state index in [-0.39, 0.29) is 6.54 Å². The summed E-state index contributed by atoms with van der Waals surface area (Å²) in [6.07, 6.45) is 0. The van der Waals surface area contributed by atoms with Crippen molar-refractivity contribution in [2.45, 2.75) is 6.54 Å². The lowest BCUT2D eigenvalue weighted by Gasteiger charge is -1.98. The van der Waals surface area contributed by atoms with Crippen LogP contribution in [0.2, 0.25) is 0 Å². The summed E-state index contributed by atoms with van der Waals surface area (Å²) in [6, 6.07) is 7.41. The fourth-order valence-corrected chi connectivity index (χ4v) is 1.20. The molecular weight excluding hydrogens is 194 g/mol. The molecule has 0 unspecified atom stereocenters. The third-order valence-corrected chi connectivity index (χ3v) is 1.99. The first-order valence-electron chi connectivity index (χ1n) is 4.50. The fourth-order valence-electron chi connectivity index (χ4n) is 1.20. The Bertz CT molecular complexity index is 436. The van der Waals surface area contributed by atoms with Crippen LogP contribution in [0.1, 0.15) is 5.89 Å². The molecule has 0 bridgehead atoms. The molecule has 1 heterocycles. The molecule has 1 aromatic heterocycles. The highest BCUT2D eigenvalue weighted by Crippen LogP contribution is 2.19. The summed E-state index contributed by atoms with van der Waals surface area (Å²) in [5.41, 5.74) is 6.24. The number of aromatic nitrogens is 2. The van der Waals surface area contributed by atoms with Gasteiger partial charge >= 0.3 is 0 Å². The summed E-state index contributed by atoms with van der Waals surface area (Å²) >= 11 is 0. The molecule has 2 N–H and O–H groups in total. The SMILES string of the molecule is COc1ccc(-c2noc(CN)n2)cc1. The second kappa shape index (κ2) is 4.10. The molecular formula is C10H11N3O2. The van der Waals surface area contributed by atoms with Crippen LogP contribution in [-0.2, 0) is 6.54 Å². The molecule has 0 aliphatic rings. The van der Waals surface area contributed by atoms with E-state index in [4.69, 9.17) is 15.0 Å². The van der Waals surface area contributed by atoms with Crippen LogP contribution in [0, 0.1) is 0 Å². The van der Waals surface area contributed by atoms with Gasteiger partial charge in [0.2, 0.25) is 11.7 Å². The number of rotatable bonds is 3. The van der Waals surface area contributed by atoms with Gasteiger partial charge in [0.1, 0.15) is 5.75 Å². The molecule has 78 valence electrons. The third kappa shape index (κ3) is 1.97. The van der Waals surface area contributed by atoms with Crippen molar-refractivity contribution in [2.24, 2.45) is 5.73 Å². The third-order valence-electron chi connectivity index (χ3n) is 1.99. The predicted molar refractivity (Wildman–Crippen MR) is 54.2 cm³/mol. The van der Waals surface area contributed by atoms with Gasteiger partial charge in [-0.05, 0) is 24.3 Å². The first-order valence-corrected chi connectivity index (χ1v) is 4.50. The van der Waals surface area contributed by atoms with E-state index >= 15 is 0 Å². The number of ether oxygens (including phenoxy) is 1. The van der Waals surface area contributed by atoms with E-state index in [1.54, 1.807) is 7.11 Å². The number of hydrogen-bond acceptors (Lipinski definition) is 5. The lowest BCUT2D eigenvalue weighted by molar-refractivity contribution is 0.380. The zero-order valence-corrected chi connectivity index (χ0v) is 8.30. The summed E-state index contributed by atoms with van der Waals surface area (Å²) in [5.74, 6) is 1.76. The van der Waals surface area contributed by atoms with Crippen LogP contribution < -0.4 is 10.5 Å². The molecule has 1 aromatic carbocycles. The second-order valence-electron chi connectivity index (χ2n) is 2.94. The molecule has 0 aliphatic carbocycles. The van der Waals surface area contributed by atoms with Crippen LogP contribution in [0.25, 0.3) is 11.4 Å². The Morgan fingerprint density at radius 2 is 2.07 bits per heavy atom. The fraction of sp³-hybridized carbons (Fsp3) is 0.200. The Hall–Kier alpha value is -1.88. The van der Waals surface area contributed by atoms with Gasteiger partial charge in [-0.15, -0.1) is 0 Å². The molecule has 2 aromatic rings. The Morgan fingerprint density at radius 3 is 2.60 bits per heavy atom. The van der Waals surface area contributed by atoms with Crippen LogP contribution >= 0.6 is 0 Å². The van der Waals surface area contributed by atoms with Crippen LogP contribution in [0.4, 0.5) is 0 Å². The zero-order valence-electron chi connectivity index (χ0n) is 8.30. The maximum absolute atomic E-state index is 5.37. The van der Waals surface area contributed by atoms with E-state index in [1.165, 1.54) is 0 Å². The smallest absolute Gasteiger partial charge is 0.240 e. The van der Waals surface area contributed by atoms with Crippen molar-refractivity contribution in [2.75, 3.05) is 7.11 Å². The van der Waals surface area contributed by atoms with Crippen molar-refractivity contribution in [1.29, 1.82) is 0 Å². The largest absolute Gasteiger partial charge is 0.497 e. The highest BCUT2D eigenvalue weighted by molar-refractivity contribution is 5.55. The molecule has 5 nitrogen and oxygen atoms in total. The molecule has 0 atom stereocenters. The van der Waals surface area contributed by atoms with Gasteiger partial charge in [0.15, 0.2) is 0 Å². The summed E-state index contributed by atoms with van der Waals surface area (Å²) in [4.78, 5) is 4.11. The zero-order chi connectivity index (χ0) is 10.7. The van der Waals surface area contributed by atoms with Gasteiger partial charge in [0.05, 0.1) is 13.7 Å². The number of nitrogens with two attached hydrogens (primary N) is 1. The summed E-state index contributed by atoms with van der Waals surface area (Å²) < 4.78 is 9.95. The van der Waals surface area contributed by atoms with Gasteiger partial charge in [-0.3, -0.25) is 0 Å². The number of methoxy groups -OCH3 is 1. The predicted octanol–water partition coefficient (Wildman–Crippen LogP) is 1.20. The lowest BCUT2D eigenvalue weighted by Crippen LogP contribution is -1.95. The van der Waals surface area contributed by atoms with Crippen LogP contribution in [-0.4, -0.2) is 17.3 Å². The minimum atomic E-state index is 0.253. The first kappa shape index (κ1) is 9.67. The summed E-state index contributed by atoms with van der Waals surface area (Å²) in [7, 11) is 1.62. The molecule has 5 heteroatoms. The summed E-state index contributed by atoms with van der Waals surface area (Å²) in [5, 5.41) is 3.81. The van der Waals surface area contributed by atoms with E-state index in [0.29, 0.717) is 11.7 Å². The maximum atomic E-state index is 5.37. The van der Waals surface area contributed by atoms with Gasteiger partial charge in [-0.25, -0.2) is 0 Å². The monoisotopic (exact) mass is 205 g/mol. The standard InChI is InChI=1S/C10H11N3O2/c1-14-8-4-2-7(3-5-8)10-12-9(6-11)15-13-10/h2-5H,6,11H2,1H3. The van der Waals surface area contributed by atoms with Crippen molar-refractivity contribution in [3.05, 3.63) is 30.2 Å². The molecule has 2 rings (SSSR count). The highest BCUT2D eigenvalue weighted by Gasteiger charge is 2.06. The molecule has 0 aliphatic heterocycles. The Balaban J connectivity index is 2.28. The molecule has 0 saturated heterocycles. The van der Waals surface area contributed by atoms with Gasteiger partial charge in [-0.2, -0.15) is 4.98 Å². The van der Waals surface area contributed by atoms with E-state index in [2.05, 4.69) is 10.1 Å². The summed E-state index contributed by atoms with van der Waals surface area (Å²) in [6.45, 7) is 0.253. The molecule has 0 saturated carbocycles. The van der Waals surface area contributed by atoms with Crippen molar-refractivity contribution in [3.8, 4) is 17.1 Å². The average Bonchev–Trinajstić information content (AvgIpc) is 2.78. The van der Waals surface area contributed by atoms with Crippen LogP contribution in [0.5, 0.6) is 5.75 Å². The van der Waals surface area contributed by atoms with Crippen molar-refractivity contribution >= 4 is 0 Å². The Labute approximate surface area is 86.9 Å². The normalized spacial score (nSPS) is 10.3. The topological polar surface area (TPSA) is 74.2 Å². The molecule has 0 radical (unpaired) electrons. The van der Waals surface area contributed by atoms with Crippen molar-refractivity contribution in [3.63, 3.8) is 0 Å². The van der Waals surface area contributed by atoms with Crippen molar-refractivity contribution < 1.29 is 9.26 Å². The van der Waals surface area contributed by atoms with E-state index in [1.807, 2.05) is 24.3 Å². The minimum absolute atomic E-state index is 0.253. The molecule has 0 amide bonds. The average molecular weight is 205 g/mol. The van der Waals surface area contributed by atoms with Gasteiger partial charge < -0.3 is 15.0 Å². The molecule has 0 spiro atoms. The Morgan fingerprint density at radius 1 is 1.33 bits per heavy atom. The number of nitrogens with zero attached hydrogens (tertiary/aromatic N) is 2. The van der Waals surface area contributed by atoms with Crippen molar-refractivity contribution in [1.82, 2.24) is 10.1 Å². The maximum Gasteiger partial charge on any atom is 0.240 e. The molecule has 0 fully saturated rings. The Kier molecular flexibility index (Phi) is 2.64. The second-order valence-corrected chi connectivity index (χ2v) is 2.94. The minimum Gasteiger partial charge on any atom is -0.497 e. The number of hydrogen-bond donors (Lipinski definition) is 1.